The van der Waals surface area contributed by atoms with E-state index in [1.54, 1.807) is 11.9 Å². The Hall–Kier alpha value is -2.09. The number of aliphatic imine (C=N–C) groups is 1. The van der Waals surface area contributed by atoms with Crippen molar-refractivity contribution >= 4 is 17.6 Å². The van der Waals surface area contributed by atoms with E-state index in [0.717, 1.165) is 12.0 Å². The maximum absolute atomic E-state index is 13.3. The van der Waals surface area contributed by atoms with E-state index in [0.29, 0.717) is 24.6 Å². The number of amidine groups is 1. The molecule has 0 aromatic carbocycles. The zero-order valence-corrected chi connectivity index (χ0v) is 16.6. The molecular formula is C18H30N6O2. The molecule has 0 radical (unpaired) electrons. The molecule has 0 aliphatic carbocycles. The van der Waals surface area contributed by atoms with Gasteiger partial charge in [-0.1, -0.05) is 6.92 Å². The Morgan fingerprint density at radius 3 is 2.46 bits per heavy atom. The number of piperazine rings is 1. The third kappa shape index (κ3) is 2.50. The number of rotatable bonds is 3. The molecule has 0 aromatic rings. The van der Waals surface area contributed by atoms with Crippen LogP contribution < -0.4 is 5.73 Å². The lowest BCUT2D eigenvalue weighted by Gasteiger charge is -2.42. The van der Waals surface area contributed by atoms with Crippen LogP contribution in [0, 0.1) is 0 Å². The van der Waals surface area contributed by atoms with E-state index in [9.17, 15) is 9.59 Å². The maximum Gasteiger partial charge on any atom is 0.271 e. The van der Waals surface area contributed by atoms with Gasteiger partial charge in [0.15, 0.2) is 6.29 Å². The van der Waals surface area contributed by atoms with Crippen LogP contribution in [-0.4, -0.2) is 88.8 Å². The fourth-order valence-electron chi connectivity index (χ4n) is 4.39. The quantitative estimate of drug-likeness (QED) is 0.765. The van der Waals surface area contributed by atoms with Crippen molar-refractivity contribution in [1.82, 2.24) is 19.6 Å². The second-order valence-electron chi connectivity index (χ2n) is 7.88. The molecule has 2 amide bonds. The smallest absolute Gasteiger partial charge is 0.271 e. The van der Waals surface area contributed by atoms with Crippen molar-refractivity contribution in [2.75, 3.05) is 33.7 Å². The van der Waals surface area contributed by atoms with Crippen molar-refractivity contribution in [2.45, 2.75) is 52.0 Å². The van der Waals surface area contributed by atoms with Gasteiger partial charge in [-0.2, -0.15) is 0 Å². The Labute approximate surface area is 155 Å². The summed E-state index contributed by atoms with van der Waals surface area (Å²) in [5.74, 6) is 0.457. The highest BCUT2D eigenvalue weighted by molar-refractivity contribution is 6.12. The predicted molar refractivity (Wildman–Crippen MR) is 100 cm³/mol. The van der Waals surface area contributed by atoms with Crippen LogP contribution in [-0.2, 0) is 9.59 Å². The monoisotopic (exact) mass is 362 g/mol. The molecule has 3 aliphatic heterocycles. The minimum Gasteiger partial charge on any atom is -0.384 e. The molecular weight excluding hydrogens is 332 g/mol. The summed E-state index contributed by atoms with van der Waals surface area (Å²) in [6.07, 6.45) is 0.334. The Morgan fingerprint density at radius 1 is 1.27 bits per heavy atom. The van der Waals surface area contributed by atoms with Crippen molar-refractivity contribution in [3.05, 3.63) is 11.3 Å². The van der Waals surface area contributed by atoms with Gasteiger partial charge in [-0.25, -0.2) is 4.99 Å². The molecule has 1 saturated heterocycles. The zero-order valence-electron chi connectivity index (χ0n) is 16.6. The molecule has 3 heterocycles. The number of nitrogens with two attached hydrogens (primary N) is 1. The van der Waals surface area contributed by atoms with Gasteiger partial charge in [0.25, 0.3) is 5.91 Å². The summed E-state index contributed by atoms with van der Waals surface area (Å²) >= 11 is 0. The molecule has 0 bridgehead atoms. The van der Waals surface area contributed by atoms with Crippen LogP contribution in [0.3, 0.4) is 0 Å². The number of carbonyl (C=O) groups is 2. The first-order valence-electron chi connectivity index (χ1n) is 9.26. The highest BCUT2D eigenvalue weighted by Gasteiger charge is 2.53. The van der Waals surface area contributed by atoms with Crippen LogP contribution in [0.25, 0.3) is 0 Å². The molecule has 26 heavy (non-hydrogen) atoms. The Morgan fingerprint density at radius 2 is 1.92 bits per heavy atom. The number of hydrogen-bond donors (Lipinski definition) is 1. The number of carbonyl (C=O) groups excluding carboxylic acids is 2. The van der Waals surface area contributed by atoms with Gasteiger partial charge in [-0.3, -0.25) is 14.5 Å². The van der Waals surface area contributed by atoms with E-state index in [1.807, 2.05) is 35.6 Å². The average molecular weight is 362 g/mol. The zero-order chi connectivity index (χ0) is 19.4. The molecule has 3 rings (SSSR count). The summed E-state index contributed by atoms with van der Waals surface area (Å²) in [6, 6.07) is 0.0583. The van der Waals surface area contributed by atoms with Crippen molar-refractivity contribution in [3.63, 3.8) is 0 Å². The fourth-order valence-corrected chi connectivity index (χ4v) is 4.39. The molecule has 3 aliphatic rings. The molecule has 2 atom stereocenters. The van der Waals surface area contributed by atoms with E-state index in [2.05, 4.69) is 13.8 Å². The van der Waals surface area contributed by atoms with Gasteiger partial charge in [0.2, 0.25) is 5.91 Å². The number of likely N-dealkylation sites (N-methyl/N-ethyl adjacent to an activating group) is 2. The van der Waals surface area contributed by atoms with Crippen LogP contribution in [0.2, 0.25) is 0 Å². The Kier molecular flexibility index (Phi) is 4.50. The van der Waals surface area contributed by atoms with Gasteiger partial charge in [0, 0.05) is 38.8 Å². The molecule has 0 saturated carbocycles. The molecule has 144 valence electrons. The normalized spacial score (nSPS) is 30.5. The van der Waals surface area contributed by atoms with Crippen molar-refractivity contribution in [3.8, 4) is 0 Å². The van der Waals surface area contributed by atoms with Gasteiger partial charge in [0.1, 0.15) is 11.5 Å². The fraction of sp³-hybridized carbons (Fsp3) is 0.722. The summed E-state index contributed by atoms with van der Waals surface area (Å²) in [5.41, 5.74) is 7.35. The Bertz CT molecular complexity index is 700. The minimum absolute atomic E-state index is 0.00912. The highest BCUT2D eigenvalue weighted by Crippen LogP contribution is 2.43. The summed E-state index contributed by atoms with van der Waals surface area (Å²) in [6.45, 7) is 9.79. The van der Waals surface area contributed by atoms with Crippen LogP contribution in [0.5, 0.6) is 0 Å². The van der Waals surface area contributed by atoms with Crippen LogP contribution in [0.1, 0.15) is 34.1 Å². The van der Waals surface area contributed by atoms with Crippen LogP contribution in [0.4, 0.5) is 0 Å². The second-order valence-corrected chi connectivity index (χ2v) is 7.88. The van der Waals surface area contributed by atoms with Gasteiger partial charge in [-0.15, -0.1) is 0 Å². The van der Waals surface area contributed by atoms with Crippen LogP contribution in [0.15, 0.2) is 16.3 Å². The van der Waals surface area contributed by atoms with E-state index in [4.69, 9.17) is 10.7 Å². The molecule has 8 nitrogen and oxygen atoms in total. The third-order valence-electron chi connectivity index (χ3n) is 5.96. The summed E-state index contributed by atoms with van der Waals surface area (Å²) < 4.78 is 0. The highest BCUT2D eigenvalue weighted by atomic mass is 16.2. The topological polar surface area (TPSA) is 85.5 Å². The standard InChI is InChI=1S/C18H30N6O2/c1-7-18(4)13-14(16(26)24(18)11(2)3)22(6)17(20-15(13)19)23-9-8-21(5)12(25)10-23/h11,17H,7-10H2,1-6H3,(H2,19,20). The lowest BCUT2D eigenvalue weighted by Crippen LogP contribution is -2.57. The Balaban J connectivity index is 1.99. The SMILES string of the molecule is CCC1(C)C2=C(C(=O)N1C(C)C)N(C)C(N1CCN(C)C(=O)C1)N=C2N. The third-order valence-corrected chi connectivity index (χ3v) is 5.96. The first kappa shape index (κ1) is 18.7. The predicted octanol–water partition coefficient (Wildman–Crippen LogP) is 0.0200. The molecule has 0 aromatic heterocycles. The maximum atomic E-state index is 13.3. The van der Waals surface area contributed by atoms with Gasteiger partial charge in [-0.05, 0) is 27.2 Å². The van der Waals surface area contributed by atoms with Crippen LogP contribution >= 0.6 is 0 Å². The average Bonchev–Trinajstić information content (AvgIpc) is 2.82. The van der Waals surface area contributed by atoms with E-state index >= 15 is 0 Å². The van der Waals surface area contributed by atoms with E-state index < -0.39 is 11.8 Å². The van der Waals surface area contributed by atoms with Gasteiger partial charge in [0.05, 0.1) is 12.1 Å². The largest absolute Gasteiger partial charge is 0.384 e. The number of amides is 2. The van der Waals surface area contributed by atoms with E-state index in [1.165, 1.54) is 0 Å². The summed E-state index contributed by atoms with van der Waals surface area (Å²) in [5, 5.41) is 0. The summed E-state index contributed by atoms with van der Waals surface area (Å²) in [7, 11) is 3.67. The first-order valence-corrected chi connectivity index (χ1v) is 9.26. The second kappa shape index (κ2) is 6.26. The number of nitrogens with zero attached hydrogens (tertiary/aromatic N) is 5. The lowest BCUT2D eigenvalue weighted by atomic mass is 9.87. The number of hydrogen-bond acceptors (Lipinski definition) is 6. The molecule has 2 unspecified atom stereocenters. The van der Waals surface area contributed by atoms with Crippen molar-refractivity contribution in [1.29, 1.82) is 0 Å². The lowest BCUT2D eigenvalue weighted by molar-refractivity contribution is -0.137. The van der Waals surface area contributed by atoms with Crippen molar-refractivity contribution < 1.29 is 9.59 Å². The molecule has 8 heteroatoms. The molecule has 2 N–H and O–H groups in total. The molecule has 0 spiro atoms. The van der Waals surface area contributed by atoms with E-state index in [-0.39, 0.29) is 24.4 Å². The summed E-state index contributed by atoms with van der Waals surface area (Å²) in [4.78, 5) is 37.6. The van der Waals surface area contributed by atoms with Gasteiger partial charge >= 0.3 is 0 Å². The molecule has 1 fully saturated rings. The van der Waals surface area contributed by atoms with Gasteiger partial charge < -0.3 is 20.4 Å². The van der Waals surface area contributed by atoms with Crippen molar-refractivity contribution in [2.24, 2.45) is 10.7 Å². The first-order chi connectivity index (χ1) is 12.1. The minimum atomic E-state index is -0.467.